The number of nitrogens with two attached hydrogens (primary N) is 1. The Morgan fingerprint density at radius 1 is 1.44 bits per heavy atom. The summed E-state index contributed by atoms with van der Waals surface area (Å²) in [6, 6.07) is 7.51. The SMILES string of the molecule is COc1cccc(S(=O)C2CCCC2N)c1. The Morgan fingerprint density at radius 3 is 2.88 bits per heavy atom. The third kappa shape index (κ3) is 2.28. The van der Waals surface area contributed by atoms with Crippen LogP contribution in [0.15, 0.2) is 29.2 Å². The van der Waals surface area contributed by atoms with E-state index in [1.54, 1.807) is 7.11 Å². The molecule has 3 unspecified atom stereocenters. The summed E-state index contributed by atoms with van der Waals surface area (Å²) in [7, 11) is 0.609. The molecule has 1 saturated carbocycles. The van der Waals surface area contributed by atoms with Crippen molar-refractivity contribution < 1.29 is 8.95 Å². The lowest BCUT2D eigenvalue weighted by Gasteiger charge is -2.15. The van der Waals surface area contributed by atoms with Crippen molar-refractivity contribution in [2.45, 2.75) is 35.4 Å². The van der Waals surface area contributed by atoms with Crippen LogP contribution in [0.2, 0.25) is 0 Å². The van der Waals surface area contributed by atoms with Crippen molar-refractivity contribution in [1.29, 1.82) is 0 Å². The molecular formula is C12H17NO2S. The zero-order chi connectivity index (χ0) is 11.5. The molecule has 16 heavy (non-hydrogen) atoms. The number of methoxy groups -OCH3 is 1. The highest BCUT2D eigenvalue weighted by molar-refractivity contribution is 7.85. The first kappa shape index (κ1) is 11.6. The second-order valence-corrected chi connectivity index (χ2v) is 5.78. The summed E-state index contributed by atoms with van der Waals surface area (Å²) >= 11 is 0. The Labute approximate surface area is 98.4 Å². The third-order valence-corrected chi connectivity index (χ3v) is 4.91. The average Bonchev–Trinajstić information content (AvgIpc) is 2.74. The molecule has 2 N–H and O–H groups in total. The number of benzene rings is 1. The number of hydrogen-bond donors (Lipinski definition) is 1. The van der Waals surface area contributed by atoms with Gasteiger partial charge in [0.15, 0.2) is 0 Å². The fourth-order valence-electron chi connectivity index (χ4n) is 2.12. The monoisotopic (exact) mass is 239 g/mol. The van der Waals surface area contributed by atoms with Gasteiger partial charge in [0.25, 0.3) is 0 Å². The van der Waals surface area contributed by atoms with Crippen LogP contribution >= 0.6 is 0 Å². The van der Waals surface area contributed by atoms with E-state index in [0.29, 0.717) is 0 Å². The maximum absolute atomic E-state index is 12.3. The van der Waals surface area contributed by atoms with Crippen molar-refractivity contribution in [1.82, 2.24) is 0 Å². The van der Waals surface area contributed by atoms with E-state index in [4.69, 9.17) is 10.5 Å². The van der Waals surface area contributed by atoms with Gasteiger partial charge in [-0.25, -0.2) is 0 Å². The second-order valence-electron chi connectivity index (χ2n) is 4.11. The van der Waals surface area contributed by atoms with E-state index in [9.17, 15) is 4.21 Å². The standard InChI is InChI=1S/C12H17NO2S/c1-15-9-4-2-5-10(8-9)16(14)12-7-3-6-11(12)13/h2,4-5,8,11-12H,3,6-7,13H2,1H3. The van der Waals surface area contributed by atoms with Crippen molar-refractivity contribution in [3.8, 4) is 5.75 Å². The molecule has 0 heterocycles. The Bertz CT molecular complexity index is 394. The Morgan fingerprint density at radius 2 is 2.25 bits per heavy atom. The highest BCUT2D eigenvalue weighted by Crippen LogP contribution is 2.27. The summed E-state index contributed by atoms with van der Waals surface area (Å²) < 4.78 is 17.4. The van der Waals surface area contributed by atoms with Crippen LogP contribution in [0.4, 0.5) is 0 Å². The minimum Gasteiger partial charge on any atom is -0.497 e. The molecule has 4 heteroatoms. The molecule has 0 radical (unpaired) electrons. The zero-order valence-electron chi connectivity index (χ0n) is 9.39. The van der Waals surface area contributed by atoms with Gasteiger partial charge in [-0.2, -0.15) is 0 Å². The zero-order valence-corrected chi connectivity index (χ0v) is 10.2. The maximum atomic E-state index is 12.3. The molecule has 2 rings (SSSR count). The van der Waals surface area contributed by atoms with Crippen LogP contribution < -0.4 is 10.5 Å². The summed E-state index contributed by atoms with van der Waals surface area (Å²) in [4.78, 5) is 0.821. The molecule has 0 aliphatic heterocycles. The molecule has 3 nitrogen and oxygen atoms in total. The molecule has 0 saturated heterocycles. The first-order valence-electron chi connectivity index (χ1n) is 5.52. The van der Waals surface area contributed by atoms with Crippen LogP contribution in [0.5, 0.6) is 5.75 Å². The van der Waals surface area contributed by atoms with E-state index in [1.165, 1.54) is 0 Å². The summed E-state index contributed by atoms with van der Waals surface area (Å²) in [6.45, 7) is 0. The van der Waals surface area contributed by atoms with Crippen molar-refractivity contribution in [3.05, 3.63) is 24.3 Å². The Hall–Kier alpha value is -0.870. The third-order valence-electron chi connectivity index (χ3n) is 3.05. The largest absolute Gasteiger partial charge is 0.497 e. The Balaban J connectivity index is 2.19. The predicted molar refractivity (Wildman–Crippen MR) is 65.0 cm³/mol. The molecule has 0 bridgehead atoms. The fraction of sp³-hybridized carbons (Fsp3) is 0.500. The molecule has 1 aliphatic carbocycles. The minimum atomic E-state index is -1.01. The van der Waals surface area contributed by atoms with Crippen LogP contribution in [0.1, 0.15) is 19.3 Å². The second kappa shape index (κ2) is 4.97. The molecular weight excluding hydrogens is 222 g/mol. The molecule has 88 valence electrons. The molecule has 1 fully saturated rings. The highest BCUT2D eigenvalue weighted by Gasteiger charge is 2.29. The van der Waals surface area contributed by atoms with Gasteiger partial charge in [0.1, 0.15) is 5.75 Å². The number of ether oxygens (including phenoxy) is 1. The molecule has 1 aliphatic rings. The summed E-state index contributed by atoms with van der Waals surface area (Å²) in [6.07, 6.45) is 3.03. The van der Waals surface area contributed by atoms with Crippen LogP contribution in [-0.4, -0.2) is 22.6 Å². The van der Waals surface area contributed by atoms with Gasteiger partial charge in [0.05, 0.1) is 23.2 Å². The number of rotatable bonds is 3. The number of hydrogen-bond acceptors (Lipinski definition) is 3. The minimum absolute atomic E-state index is 0.0760. The summed E-state index contributed by atoms with van der Waals surface area (Å²) in [5.41, 5.74) is 5.96. The predicted octanol–water partition coefficient (Wildman–Crippen LogP) is 1.68. The van der Waals surface area contributed by atoms with Gasteiger partial charge in [-0.1, -0.05) is 12.5 Å². The molecule has 1 aromatic carbocycles. The summed E-state index contributed by atoms with van der Waals surface area (Å²) in [5.74, 6) is 0.748. The van der Waals surface area contributed by atoms with Crippen molar-refractivity contribution in [3.63, 3.8) is 0 Å². The maximum Gasteiger partial charge on any atom is 0.120 e. The van der Waals surface area contributed by atoms with E-state index >= 15 is 0 Å². The van der Waals surface area contributed by atoms with Crippen LogP contribution in [0.25, 0.3) is 0 Å². The van der Waals surface area contributed by atoms with Gasteiger partial charge < -0.3 is 10.5 Å². The fourth-order valence-corrected chi connectivity index (χ4v) is 3.75. The van der Waals surface area contributed by atoms with Gasteiger partial charge in [-0.3, -0.25) is 4.21 Å². The quantitative estimate of drug-likeness (QED) is 0.873. The lowest BCUT2D eigenvalue weighted by Crippen LogP contribution is -2.32. The summed E-state index contributed by atoms with van der Waals surface area (Å²) in [5, 5.41) is 0.104. The van der Waals surface area contributed by atoms with Crippen LogP contribution in [0.3, 0.4) is 0 Å². The lowest BCUT2D eigenvalue weighted by molar-refractivity contribution is 0.413. The van der Waals surface area contributed by atoms with E-state index in [1.807, 2.05) is 24.3 Å². The normalized spacial score (nSPS) is 26.6. The van der Waals surface area contributed by atoms with Gasteiger partial charge in [0.2, 0.25) is 0 Å². The Kier molecular flexibility index (Phi) is 3.61. The molecule has 1 aromatic rings. The molecule has 3 atom stereocenters. The van der Waals surface area contributed by atoms with E-state index in [2.05, 4.69) is 0 Å². The molecule has 0 amide bonds. The van der Waals surface area contributed by atoms with E-state index in [-0.39, 0.29) is 11.3 Å². The first-order chi connectivity index (χ1) is 7.72. The van der Waals surface area contributed by atoms with Gasteiger partial charge in [0, 0.05) is 10.9 Å². The van der Waals surface area contributed by atoms with Crippen molar-refractivity contribution in [2.24, 2.45) is 5.73 Å². The van der Waals surface area contributed by atoms with Crippen LogP contribution in [0, 0.1) is 0 Å². The molecule has 0 aromatic heterocycles. The van der Waals surface area contributed by atoms with Gasteiger partial charge in [-0.05, 0) is 31.0 Å². The van der Waals surface area contributed by atoms with E-state index < -0.39 is 10.8 Å². The average molecular weight is 239 g/mol. The molecule has 0 spiro atoms. The van der Waals surface area contributed by atoms with Gasteiger partial charge >= 0.3 is 0 Å². The topological polar surface area (TPSA) is 52.3 Å². The lowest BCUT2D eigenvalue weighted by atomic mass is 10.3. The highest BCUT2D eigenvalue weighted by atomic mass is 32.2. The first-order valence-corrected chi connectivity index (χ1v) is 6.74. The van der Waals surface area contributed by atoms with Crippen LogP contribution in [-0.2, 0) is 10.8 Å². The van der Waals surface area contributed by atoms with E-state index in [0.717, 1.165) is 29.9 Å². The smallest absolute Gasteiger partial charge is 0.120 e. The van der Waals surface area contributed by atoms with Crippen molar-refractivity contribution >= 4 is 10.8 Å². The van der Waals surface area contributed by atoms with Crippen molar-refractivity contribution in [2.75, 3.05) is 7.11 Å². The van der Waals surface area contributed by atoms with Gasteiger partial charge in [-0.15, -0.1) is 0 Å².